The molecule has 2 aromatic carbocycles. The zero-order valence-corrected chi connectivity index (χ0v) is 12.0. The summed E-state index contributed by atoms with van der Waals surface area (Å²) in [5.41, 5.74) is 2.56. The Labute approximate surface area is 123 Å². The number of hydrogen-bond donors (Lipinski definition) is 0. The minimum absolute atomic E-state index is 0.513. The lowest BCUT2D eigenvalue weighted by Gasteiger charge is -2.03. The Morgan fingerprint density at radius 2 is 1.24 bits per heavy atom. The lowest BCUT2D eigenvalue weighted by molar-refractivity contribution is 0.564. The van der Waals surface area contributed by atoms with Crippen LogP contribution in [0, 0.1) is 0 Å². The van der Waals surface area contributed by atoms with Crippen LogP contribution in [0.2, 0.25) is 0 Å². The van der Waals surface area contributed by atoms with Gasteiger partial charge in [0, 0.05) is 0 Å². The van der Waals surface area contributed by atoms with Gasteiger partial charge in [0.2, 0.25) is 12.2 Å². The van der Waals surface area contributed by atoms with E-state index in [1.54, 1.807) is 12.1 Å². The van der Waals surface area contributed by atoms with Crippen molar-refractivity contribution in [2.24, 2.45) is 9.98 Å². The van der Waals surface area contributed by atoms with Gasteiger partial charge >= 0.3 is 0 Å². The first kappa shape index (κ1) is 16.3. The van der Waals surface area contributed by atoms with Crippen LogP contribution in [-0.4, -0.2) is 12.2 Å². The number of isocyanates is 2. The fourth-order valence-corrected chi connectivity index (χ4v) is 1.54. The van der Waals surface area contributed by atoms with Gasteiger partial charge < -0.3 is 0 Å². The molecular weight excluding hydrogens is 264 g/mol. The molecule has 106 valence electrons. The van der Waals surface area contributed by atoms with Crippen molar-refractivity contribution < 1.29 is 9.59 Å². The highest BCUT2D eigenvalue weighted by atomic mass is 16.1. The van der Waals surface area contributed by atoms with Gasteiger partial charge in [0.05, 0.1) is 11.4 Å². The van der Waals surface area contributed by atoms with E-state index in [0.717, 1.165) is 0 Å². The molecule has 0 aliphatic carbocycles. The number of aliphatic imine (C=N–C) groups is 2. The molecule has 2 aromatic rings. The first-order chi connectivity index (χ1) is 10.2. The van der Waals surface area contributed by atoms with Gasteiger partial charge in [-0.3, -0.25) is 0 Å². The summed E-state index contributed by atoms with van der Waals surface area (Å²) in [6.45, 7) is 4.25. The number of carbonyl (C=O) groups excluding carboxylic acids is 2. The van der Waals surface area contributed by atoms with Crippen molar-refractivity contribution in [2.45, 2.75) is 19.8 Å². The van der Waals surface area contributed by atoms with Gasteiger partial charge in [-0.25, -0.2) is 9.59 Å². The molecule has 0 N–H and O–H groups in total. The SMILES string of the molecule is CC(C)c1ccc(N=C=O)cc1.O=C=Nc1ccccc1. The second kappa shape index (κ2) is 9.16. The van der Waals surface area contributed by atoms with Crippen LogP contribution >= 0.6 is 0 Å². The summed E-state index contributed by atoms with van der Waals surface area (Å²) >= 11 is 0. The monoisotopic (exact) mass is 280 g/mol. The maximum Gasteiger partial charge on any atom is 0.240 e. The van der Waals surface area contributed by atoms with Crippen LogP contribution in [0.5, 0.6) is 0 Å². The van der Waals surface area contributed by atoms with E-state index in [-0.39, 0.29) is 0 Å². The number of nitrogens with zero attached hydrogens (tertiary/aromatic N) is 2. The highest BCUT2D eigenvalue weighted by molar-refractivity contribution is 5.49. The summed E-state index contributed by atoms with van der Waals surface area (Å²) in [7, 11) is 0. The van der Waals surface area contributed by atoms with Gasteiger partial charge in [-0.2, -0.15) is 9.98 Å². The van der Waals surface area contributed by atoms with Crippen molar-refractivity contribution >= 4 is 23.5 Å². The van der Waals surface area contributed by atoms with E-state index in [4.69, 9.17) is 0 Å². The molecule has 0 heterocycles. The van der Waals surface area contributed by atoms with E-state index in [0.29, 0.717) is 17.3 Å². The number of hydrogen-bond acceptors (Lipinski definition) is 4. The highest BCUT2D eigenvalue weighted by Crippen LogP contribution is 2.18. The van der Waals surface area contributed by atoms with Gasteiger partial charge in [-0.15, -0.1) is 0 Å². The van der Waals surface area contributed by atoms with E-state index in [9.17, 15) is 9.59 Å². The quantitative estimate of drug-likeness (QED) is 0.616. The Bertz CT molecular complexity index is 636. The lowest BCUT2D eigenvalue weighted by Crippen LogP contribution is -1.84. The Morgan fingerprint density at radius 3 is 1.67 bits per heavy atom. The minimum Gasteiger partial charge on any atom is -0.211 e. The Balaban J connectivity index is 0.000000219. The highest BCUT2D eigenvalue weighted by Gasteiger charge is 1.97. The van der Waals surface area contributed by atoms with Crippen LogP contribution in [-0.2, 0) is 9.59 Å². The molecule has 0 aliphatic rings. The van der Waals surface area contributed by atoms with Crippen molar-refractivity contribution in [3.8, 4) is 0 Å². The molecule has 0 saturated carbocycles. The third-order valence-corrected chi connectivity index (χ3v) is 2.67. The van der Waals surface area contributed by atoms with E-state index in [1.165, 1.54) is 17.7 Å². The summed E-state index contributed by atoms with van der Waals surface area (Å²) in [6.07, 6.45) is 2.97. The fourth-order valence-electron chi connectivity index (χ4n) is 1.54. The molecule has 0 saturated heterocycles. The fraction of sp³-hybridized carbons (Fsp3) is 0.176. The number of rotatable bonds is 3. The maximum absolute atomic E-state index is 9.90. The van der Waals surface area contributed by atoms with E-state index < -0.39 is 0 Å². The van der Waals surface area contributed by atoms with Crippen molar-refractivity contribution in [1.29, 1.82) is 0 Å². The Kier molecular flexibility index (Phi) is 7.09. The average Bonchev–Trinajstić information content (AvgIpc) is 2.50. The second-order valence-electron chi connectivity index (χ2n) is 4.49. The molecule has 0 amide bonds. The van der Waals surface area contributed by atoms with Crippen LogP contribution in [0.4, 0.5) is 11.4 Å². The van der Waals surface area contributed by atoms with Crippen LogP contribution in [0.15, 0.2) is 64.6 Å². The van der Waals surface area contributed by atoms with Crippen LogP contribution in [0.1, 0.15) is 25.3 Å². The smallest absolute Gasteiger partial charge is 0.211 e. The Hall–Kier alpha value is -2.80. The third-order valence-electron chi connectivity index (χ3n) is 2.67. The summed E-state index contributed by atoms with van der Waals surface area (Å²) in [4.78, 5) is 26.5. The van der Waals surface area contributed by atoms with Gasteiger partial charge in [0.15, 0.2) is 0 Å². The molecule has 4 heteroatoms. The second-order valence-corrected chi connectivity index (χ2v) is 4.49. The summed E-state index contributed by atoms with van der Waals surface area (Å²) in [5, 5.41) is 0. The molecular formula is C17H16N2O2. The third kappa shape index (κ3) is 6.26. The first-order valence-electron chi connectivity index (χ1n) is 6.48. The van der Waals surface area contributed by atoms with Gasteiger partial charge in [0.1, 0.15) is 0 Å². The number of benzene rings is 2. The molecule has 0 aliphatic heterocycles. The molecule has 0 unspecified atom stereocenters. The molecule has 0 atom stereocenters. The molecule has 0 fully saturated rings. The molecule has 4 nitrogen and oxygen atoms in total. The van der Waals surface area contributed by atoms with E-state index in [2.05, 4.69) is 23.8 Å². The average molecular weight is 280 g/mol. The van der Waals surface area contributed by atoms with Crippen molar-refractivity contribution in [3.05, 3.63) is 60.2 Å². The molecule has 0 spiro atoms. The topological polar surface area (TPSA) is 58.9 Å². The molecule has 0 aromatic heterocycles. The zero-order chi connectivity index (χ0) is 15.5. The molecule has 0 bridgehead atoms. The lowest BCUT2D eigenvalue weighted by atomic mass is 10.0. The van der Waals surface area contributed by atoms with E-state index in [1.807, 2.05) is 42.5 Å². The largest absolute Gasteiger partial charge is 0.240 e. The molecule has 0 radical (unpaired) electrons. The van der Waals surface area contributed by atoms with Crippen LogP contribution < -0.4 is 0 Å². The van der Waals surface area contributed by atoms with Gasteiger partial charge in [-0.1, -0.05) is 44.2 Å². The standard InChI is InChI=1S/C10H11NO.C7H5NO/c1-8(2)9-3-5-10(6-4-9)11-7-12;9-6-8-7-4-2-1-3-5-7/h3-6,8H,1-2H3;1-5H. The van der Waals surface area contributed by atoms with Gasteiger partial charge in [0.25, 0.3) is 0 Å². The predicted molar refractivity (Wildman–Crippen MR) is 82.5 cm³/mol. The zero-order valence-electron chi connectivity index (χ0n) is 12.0. The summed E-state index contributed by atoms with van der Waals surface area (Å²) in [6, 6.07) is 16.6. The maximum atomic E-state index is 9.90. The van der Waals surface area contributed by atoms with Gasteiger partial charge in [-0.05, 0) is 35.7 Å². The number of para-hydroxylation sites is 1. The minimum atomic E-state index is 0.513. The normalized spacial score (nSPS) is 8.90. The van der Waals surface area contributed by atoms with Crippen molar-refractivity contribution in [3.63, 3.8) is 0 Å². The Morgan fingerprint density at radius 1 is 0.762 bits per heavy atom. The summed E-state index contributed by atoms with van der Waals surface area (Å²) < 4.78 is 0. The van der Waals surface area contributed by atoms with Crippen LogP contribution in [0.3, 0.4) is 0 Å². The van der Waals surface area contributed by atoms with Crippen molar-refractivity contribution in [2.75, 3.05) is 0 Å². The van der Waals surface area contributed by atoms with Crippen molar-refractivity contribution in [1.82, 2.24) is 0 Å². The molecule has 21 heavy (non-hydrogen) atoms. The predicted octanol–water partition coefficient (Wildman–Crippen LogP) is 4.43. The summed E-state index contributed by atoms with van der Waals surface area (Å²) in [5.74, 6) is 0.513. The van der Waals surface area contributed by atoms with E-state index >= 15 is 0 Å². The molecule has 2 rings (SSSR count). The first-order valence-corrected chi connectivity index (χ1v) is 6.48. The van der Waals surface area contributed by atoms with Crippen LogP contribution in [0.25, 0.3) is 0 Å².